The number of urea groups is 1. The summed E-state index contributed by atoms with van der Waals surface area (Å²) in [7, 11) is 0. The Hall–Kier alpha value is -1.63. The van der Waals surface area contributed by atoms with Crippen molar-refractivity contribution in [3.63, 3.8) is 0 Å². The Balaban J connectivity index is 2.37. The lowest BCUT2D eigenvalue weighted by molar-refractivity contribution is -0.130. The molecule has 1 heterocycles. The molecule has 1 atom stereocenters. The van der Waals surface area contributed by atoms with Crippen LogP contribution in [-0.2, 0) is 9.59 Å². The van der Waals surface area contributed by atoms with E-state index in [9.17, 15) is 14.4 Å². The fourth-order valence-corrected chi connectivity index (χ4v) is 2.21. The molecule has 4 amide bonds. The van der Waals surface area contributed by atoms with Crippen LogP contribution in [0.5, 0.6) is 0 Å². The number of carbonyl (C=O) groups excluding carboxylic acids is 3. The van der Waals surface area contributed by atoms with Crippen molar-refractivity contribution >= 4 is 17.8 Å². The molecule has 0 aromatic heterocycles. The van der Waals surface area contributed by atoms with Crippen LogP contribution in [0.1, 0.15) is 40.0 Å². The smallest absolute Gasteiger partial charge is 0.325 e. The Morgan fingerprint density at radius 3 is 2.57 bits per heavy atom. The van der Waals surface area contributed by atoms with Crippen LogP contribution in [0.4, 0.5) is 4.79 Å². The minimum absolute atomic E-state index is 0.0801. The Morgan fingerprint density at radius 2 is 2.10 bits per heavy atom. The molecule has 1 rings (SSSR count). The zero-order chi connectivity index (χ0) is 16.0. The molecule has 1 unspecified atom stereocenters. The molecule has 0 aromatic rings. The number of rotatable bonds is 8. The lowest BCUT2D eigenvalue weighted by Gasteiger charge is -2.17. The third-order valence-corrected chi connectivity index (χ3v) is 3.71. The molecule has 0 bridgehead atoms. The number of hydrogen-bond acceptors (Lipinski definition) is 4. The van der Waals surface area contributed by atoms with Crippen LogP contribution in [0, 0.1) is 5.92 Å². The van der Waals surface area contributed by atoms with E-state index in [2.05, 4.69) is 10.6 Å². The molecule has 1 saturated heterocycles. The maximum atomic E-state index is 11.9. The number of nitrogens with one attached hydrogen (secondary N) is 2. The molecule has 1 aliphatic rings. The van der Waals surface area contributed by atoms with Gasteiger partial charge in [0.15, 0.2) is 0 Å². The summed E-state index contributed by atoms with van der Waals surface area (Å²) in [4.78, 5) is 36.4. The maximum Gasteiger partial charge on any atom is 0.325 e. The summed E-state index contributed by atoms with van der Waals surface area (Å²) in [6.45, 7) is 5.95. The van der Waals surface area contributed by atoms with Gasteiger partial charge in [0, 0.05) is 26.1 Å². The van der Waals surface area contributed by atoms with E-state index in [-0.39, 0.29) is 37.3 Å². The van der Waals surface area contributed by atoms with Crippen LogP contribution in [0.15, 0.2) is 0 Å². The normalized spacial score (nSPS) is 18.6. The molecule has 7 heteroatoms. The van der Waals surface area contributed by atoms with Gasteiger partial charge in [-0.2, -0.15) is 0 Å². The summed E-state index contributed by atoms with van der Waals surface area (Å²) < 4.78 is 0. The first kappa shape index (κ1) is 17.4. The van der Waals surface area contributed by atoms with Crippen LogP contribution in [0.25, 0.3) is 0 Å². The Kier molecular flexibility index (Phi) is 6.14. The molecule has 1 aliphatic heterocycles. The molecule has 1 fully saturated rings. The molecule has 21 heavy (non-hydrogen) atoms. The van der Waals surface area contributed by atoms with Crippen molar-refractivity contribution in [2.75, 3.05) is 19.7 Å². The monoisotopic (exact) mass is 299 g/mol. The largest absolute Gasteiger partial charge is 0.396 e. The topological polar surface area (TPSA) is 98.7 Å². The Morgan fingerprint density at radius 1 is 1.43 bits per heavy atom. The fourth-order valence-electron chi connectivity index (χ4n) is 2.21. The van der Waals surface area contributed by atoms with Crippen LogP contribution >= 0.6 is 0 Å². The van der Waals surface area contributed by atoms with Crippen LogP contribution in [-0.4, -0.2) is 53.1 Å². The molecule has 0 spiro atoms. The van der Waals surface area contributed by atoms with Gasteiger partial charge in [-0.15, -0.1) is 0 Å². The molecule has 0 radical (unpaired) electrons. The number of hydrogen-bond donors (Lipinski definition) is 3. The van der Waals surface area contributed by atoms with Crippen molar-refractivity contribution in [2.45, 2.75) is 45.6 Å². The maximum absolute atomic E-state index is 11.9. The van der Waals surface area contributed by atoms with Gasteiger partial charge in [-0.1, -0.05) is 13.3 Å². The van der Waals surface area contributed by atoms with E-state index in [0.29, 0.717) is 13.0 Å². The second kappa shape index (κ2) is 7.40. The molecule has 0 aliphatic carbocycles. The lowest BCUT2D eigenvalue weighted by Crippen LogP contribution is -2.41. The summed E-state index contributed by atoms with van der Waals surface area (Å²) in [6, 6.07) is -0.454. The van der Waals surface area contributed by atoms with Crippen molar-refractivity contribution in [3.8, 4) is 0 Å². The standard InChI is InChI=1S/C14H25N3O4/c1-4-10(6-8-18)9-15-11(19)5-7-17-12(20)14(2,3)16-13(17)21/h10,18H,4-9H2,1-3H3,(H,15,19)(H,16,21). The van der Waals surface area contributed by atoms with Crippen molar-refractivity contribution in [1.82, 2.24) is 15.5 Å². The van der Waals surface area contributed by atoms with Crippen LogP contribution in [0.3, 0.4) is 0 Å². The van der Waals surface area contributed by atoms with Crippen molar-refractivity contribution < 1.29 is 19.5 Å². The number of imide groups is 1. The van der Waals surface area contributed by atoms with Crippen molar-refractivity contribution in [3.05, 3.63) is 0 Å². The van der Waals surface area contributed by atoms with Gasteiger partial charge >= 0.3 is 6.03 Å². The van der Waals surface area contributed by atoms with E-state index in [4.69, 9.17) is 5.11 Å². The van der Waals surface area contributed by atoms with Gasteiger partial charge in [0.1, 0.15) is 5.54 Å². The first-order valence-electron chi connectivity index (χ1n) is 7.33. The number of amides is 4. The zero-order valence-corrected chi connectivity index (χ0v) is 12.9. The highest BCUT2D eigenvalue weighted by Gasteiger charge is 2.43. The predicted molar refractivity (Wildman–Crippen MR) is 77.4 cm³/mol. The number of nitrogens with zero attached hydrogens (tertiary/aromatic N) is 1. The highest BCUT2D eigenvalue weighted by Crippen LogP contribution is 2.16. The average Bonchev–Trinajstić information content (AvgIpc) is 2.61. The van der Waals surface area contributed by atoms with Gasteiger partial charge < -0.3 is 15.7 Å². The predicted octanol–water partition coefficient (Wildman–Crippen LogP) is 0.232. The second-order valence-corrected chi connectivity index (χ2v) is 5.85. The van der Waals surface area contributed by atoms with Gasteiger partial charge in [0.2, 0.25) is 5.91 Å². The minimum atomic E-state index is -0.901. The lowest BCUT2D eigenvalue weighted by atomic mass is 10.0. The van der Waals surface area contributed by atoms with E-state index in [0.717, 1.165) is 11.3 Å². The quantitative estimate of drug-likeness (QED) is 0.559. The van der Waals surface area contributed by atoms with Gasteiger partial charge in [0.25, 0.3) is 5.91 Å². The number of aliphatic hydroxyl groups is 1. The minimum Gasteiger partial charge on any atom is -0.396 e. The van der Waals surface area contributed by atoms with Gasteiger partial charge in [-0.3, -0.25) is 14.5 Å². The Labute approximate surface area is 125 Å². The summed E-state index contributed by atoms with van der Waals surface area (Å²) in [5.41, 5.74) is -0.901. The zero-order valence-electron chi connectivity index (χ0n) is 12.9. The molecule has 3 N–H and O–H groups in total. The number of aliphatic hydroxyl groups excluding tert-OH is 1. The van der Waals surface area contributed by atoms with Crippen LogP contribution < -0.4 is 10.6 Å². The SMILES string of the molecule is CCC(CCO)CNC(=O)CCN1C(=O)NC(C)(C)C1=O. The van der Waals surface area contributed by atoms with Gasteiger partial charge in [-0.05, 0) is 26.2 Å². The molecule has 7 nitrogen and oxygen atoms in total. The molecule has 0 aromatic carbocycles. The van der Waals surface area contributed by atoms with Gasteiger partial charge in [0.05, 0.1) is 0 Å². The first-order valence-corrected chi connectivity index (χ1v) is 7.33. The molecule has 0 saturated carbocycles. The summed E-state index contributed by atoms with van der Waals surface area (Å²) in [5.74, 6) is -0.265. The van der Waals surface area contributed by atoms with E-state index in [1.165, 1.54) is 0 Å². The van der Waals surface area contributed by atoms with E-state index < -0.39 is 11.6 Å². The van der Waals surface area contributed by atoms with E-state index in [1.807, 2.05) is 6.92 Å². The Bertz CT molecular complexity index is 409. The third kappa shape index (κ3) is 4.70. The highest BCUT2D eigenvalue weighted by molar-refractivity contribution is 6.06. The summed E-state index contributed by atoms with van der Waals surface area (Å²) in [6.07, 6.45) is 1.62. The highest BCUT2D eigenvalue weighted by atomic mass is 16.3. The molecular formula is C14H25N3O4. The third-order valence-electron chi connectivity index (χ3n) is 3.71. The van der Waals surface area contributed by atoms with Crippen molar-refractivity contribution in [2.24, 2.45) is 5.92 Å². The average molecular weight is 299 g/mol. The van der Waals surface area contributed by atoms with Crippen molar-refractivity contribution in [1.29, 1.82) is 0 Å². The first-order chi connectivity index (χ1) is 9.81. The molecule has 120 valence electrons. The van der Waals surface area contributed by atoms with Gasteiger partial charge in [-0.25, -0.2) is 4.79 Å². The second-order valence-electron chi connectivity index (χ2n) is 5.85. The summed E-state index contributed by atoms with van der Waals surface area (Å²) in [5, 5.41) is 14.2. The van der Waals surface area contributed by atoms with E-state index in [1.54, 1.807) is 13.8 Å². The fraction of sp³-hybridized carbons (Fsp3) is 0.786. The summed E-state index contributed by atoms with van der Waals surface area (Å²) >= 11 is 0. The van der Waals surface area contributed by atoms with E-state index >= 15 is 0 Å². The van der Waals surface area contributed by atoms with Crippen LogP contribution in [0.2, 0.25) is 0 Å². The number of carbonyl (C=O) groups is 3. The molecular weight excluding hydrogens is 274 g/mol.